The lowest BCUT2D eigenvalue weighted by atomic mass is 9.94. The number of benzene rings is 1. The van der Waals surface area contributed by atoms with E-state index in [1.54, 1.807) is 6.07 Å². The normalized spacial score (nSPS) is 16.6. The summed E-state index contributed by atoms with van der Waals surface area (Å²) in [5.74, 6) is 0.882. The molecular weight excluding hydrogens is 388 g/mol. The first-order chi connectivity index (χ1) is 11.3. The van der Waals surface area contributed by atoms with Crippen molar-refractivity contribution in [3.8, 4) is 5.75 Å². The Hall–Kier alpha value is -0.690. The number of hydrogen-bond acceptors (Lipinski definition) is 3. The van der Waals surface area contributed by atoms with Gasteiger partial charge in [0.05, 0.1) is 12.7 Å². The Bertz CT molecular complexity index is 536. The fourth-order valence-electron chi connectivity index (χ4n) is 3.18. The number of piperazine rings is 1. The van der Waals surface area contributed by atoms with Gasteiger partial charge in [0.15, 0.2) is 0 Å². The molecule has 0 bridgehead atoms. The molecule has 0 aliphatic carbocycles. The van der Waals surface area contributed by atoms with Gasteiger partial charge in [0, 0.05) is 37.8 Å². The number of ether oxygens (including phenoxy) is 1. The number of halogens is 5. The van der Waals surface area contributed by atoms with Crippen LogP contribution >= 0.6 is 24.8 Å². The molecule has 0 radical (unpaired) electrons. The number of rotatable bonds is 6. The van der Waals surface area contributed by atoms with E-state index >= 15 is 0 Å². The van der Waals surface area contributed by atoms with Crippen LogP contribution < -0.4 is 10.1 Å². The van der Waals surface area contributed by atoms with Crippen LogP contribution in [0.25, 0.3) is 0 Å². The Labute approximate surface area is 166 Å². The second kappa shape index (κ2) is 11.2. The summed E-state index contributed by atoms with van der Waals surface area (Å²) in [6.07, 6.45) is -2.41. The van der Waals surface area contributed by atoms with Gasteiger partial charge >= 0.3 is 6.18 Å². The van der Waals surface area contributed by atoms with Crippen LogP contribution in [0.4, 0.5) is 13.2 Å². The molecule has 8 heteroatoms. The van der Waals surface area contributed by atoms with E-state index in [0.717, 1.165) is 50.7 Å². The van der Waals surface area contributed by atoms with Crippen molar-refractivity contribution in [1.82, 2.24) is 10.2 Å². The van der Waals surface area contributed by atoms with Crippen LogP contribution in [0.1, 0.15) is 43.9 Å². The van der Waals surface area contributed by atoms with Gasteiger partial charge in [0.25, 0.3) is 0 Å². The lowest BCUT2D eigenvalue weighted by molar-refractivity contribution is -0.137. The van der Waals surface area contributed by atoms with E-state index in [1.165, 1.54) is 13.2 Å². The van der Waals surface area contributed by atoms with Crippen LogP contribution in [-0.4, -0.2) is 38.2 Å². The molecule has 1 fully saturated rings. The van der Waals surface area contributed by atoms with Gasteiger partial charge in [-0.25, -0.2) is 0 Å². The van der Waals surface area contributed by atoms with Crippen LogP contribution in [-0.2, 0) is 6.18 Å². The molecule has 1 saturated heterocycles. The third kappa shape index (κ3) is 6.80. The molecule has 0 aromatic heterocycles. The van der Waals surface area contributed by atoms with E-state index in [2.05, 4.69) is 24.1 Å². The summed E-state index contributed by atoms with van der Waals surface area (Å²) in [4.78, 5) is 2.35. The quantitative estimate of drug-likeness (QED) is 0.710. The summed E-state index contributed by atoms with van der Waals surface area (Å²) >= 11 is 0. The Morgan fingerprint density at radius 1 is 1.12 bits per heavy atom. The van der Waals surface area contributed by atoms with Crippen molar-refractivity contribution >= 4 is 24.8 Å². The van der Waals surface area contributed by atoms with Crippen molar-refractivity contribution in [2.75, 3.05) is 33.3 Å². The topological polar surface area (TPSA) is 24.5 Å². The molecule has 1 heterocycles. The van der Waals surface area contributed by atoms with Crippen LogP contribution in [0, 0.1) is 5.92 Å². The van der Waals surface area contributed by atoms with Crippen LogP contribution in [0.5, 0.6) is 5.75 Å². The van der Waals surface area contributed by atoms with Crippen molar-refractivity contribution in [2.45, 2.75) is 38.9 Å². The highest BCUT2D eigenvalue weighted by atomic mass is 35.5. The van der Waals surface area contributed by atoms with Crippen LogP contribution in [0.2, 0.25) is 0 Å². The first-order valence-electron chi connectivity index (χ1n) is 8.52. The molecule has 1 aliphatic rings. The van der Waals surface area contributed by atoms with Crippen molar-refractivity contribution in [3.05, 3.63) is 29.3 Å². The molecule has 0 saturated carbocycles. The predicted octanol–water partition coefficient (Wildman–Crippen LogP) is 4.94. The van der Waals surface area contributed by atoms with Gasteiger partial charge in [-0.05, 0) is 30.9 Å². The number of alkyl halides is 3. The molecule has 0 amide bonds. The van der Waals surface area contributed by atoms with Crippen molar-refractivity contribution in [2.24, 2.45) is 5.92 Å². The molecule has 1 aromatic rings. The third-order valence-electron chi connectivity index (χ3n) is 4.53. The fourth-order valence-corrected chi connectivity index (χ4v) is 3.18. The lowest BCUT2D eigenvalue weighted by Gasteiger charge is -2.36. The maximum Gasteiger partial charge on any atom is 0.416 e. The lowest BCUT2D eigenvalue weighted by Crippen LogP contribution is -2.45. The highest BCUT2D eigenvalue weighted by molar-refractivity contribution is 5.85. The van der Waals surface area contributed by atoms with Crippen LogP contribution in [0.15, 0.2) is 18.2 Å². The first kappa shape index (κ1) is 25.3. The van der Waals surface area contributed by atoms with E-state index in [9.17, 15) is 13.2 Å². The van der Waals surface area contributed by atoms with Crippen LogP contribution in [0.3, 0.4) is 0 Å². The van der Waals surface area contributed by atoms with E-state index in [-0.39, 0.29) is 30.9 Å². The van der Waals surface area contributed by atoms with Crippen molar-refractivity contribution in [1.29, 1.82) is 0 Å². The zero-order valence-corrected chi connectivity index (χ0v) is 17.1. The molecule has 26 heavy (non-hydrogen) atoms. The monoisotopic (exact) mass is 416 g/mol. The molecule has 2 rings (SSSR count). The smallest absolute Gasteiger partial charge is 0.416 e. The molecule has 0 spiro atoms. The maximum absolute atomic E-state index is 13.0. The highest BCUT2D eigenvalue weighted by Crippen LogP contribution is 2.38. The van der Waals surface area contributed by atoms with Gasteiger partial charge in [0.2, 0.25) is 0 Å². The van der Waals surface area contributed by atoms with Gasteiger partial charge in [-0.15, -0.1) is 24.8 Å². The Morgan fingerprint density at radius 3 is 2.23 bits per heavy atom. The number of hydrogen-bond donors (Lipinski definition) is 1. The van der Waals surface area contributed by atoms with E-state index in [1.807, 2.05) is 0 Å². The minimum atomic E-state index is -4.35. The van der Waals surface area contributed by atoms with E-state index in [0.29, 0.717) is 11.7 Å². The Balaban J connectivity index is 0.00000312. The Kier molecular flexibility index (Phi) is 10.9. The zero-order chi connectivity index (χ0) is 17.7. The van der Waals surface area contributed by atoms with Gasteiger partial charge in [-0.3, -0.25) is 4.90 Å². The number of nitrogens with zero attached hydrogens (tertiary/aromatic N) is 1. The molecule has 1 atom stereocenters. The van der Waals surface area contributed by atoms with Crippen molar-refractivity contribution in [3.63, 3.8) is 0 Å². The van der Waals surface area contributed by atoms with Gasteiger partial charge < -0.3 is 10.1 Å². The van der Waals surface area contributed by atoms with E-state index < -0.39 is 11.7 Å². The second-order valence-electron chi connectivity index (χ2n) is 6.73. The fraction of sp³-hybridized carbons (Fsp3) is 0.667. The summed E-state index contributed by atoms with van der Waals surface area (Å²) < 4.78 is 44.2. The molecule has 152 valence electrons. The zero-order valence-electron chi connectivity index (χ0n) is 15.4. The summed E-state index contributed by atoms with van der Waals surface area (Å²) in [7, 11) is 1.44. The minimum absolute atomic E-state index is 0. The third-order valence-corrected chi connectivity index (χ3v) is 4.53. The van der Waals surface area contributed by atoms with Gasteiger partial charge in [0.1, 0.15) is 5.75 Å². The molecular formula is C18H29Cl2F3N2O. The summed E-state index contributed by atoms with van der Waals surface area (Å²) in [6.45, 7) is 7.93. The molecule has 0 unspecified atom stereocenters. The number of nitrogens with one attached hydrogen (secondary N) is 1. The molecule has 1 aliphatic heterocycles. The SMILES string of the molecule is COc1cc(C(F)(F)F)ccc1[C@@H](CCC(C)C)N1CCNCC1.Cl.Cl. The molecule has 1 N–H and O–H groups in total. The average Bonchev–Trinajstić information content (AvgIpc) is 2.55. The molecule has 3 nitrogen and oxygen atoms in total. The standard InChI is InChI=1S/C18H27F3N2O.2ClH/c1-13(2)4-7-16(23-10-8-22-9-11-23)15-6-5-14(18(19,20)21)12-17(15)24-3;;/h5-6,12-13,16,22H,4,7-11H2,1-3H3;2*1H/t16-;;/m1../s1. The predicted molar refractivity (Wildman–Crippen MR) is 104 cm³/mol. The van der Waals surface area contributed by atoms with Crippen molar-refractivity contribution < 1.29 is 17.9 Å². The van der Waals surface area contributed by atoms with Gasteiger partial charge in [-0.2, -0.15) is 13.2 Å². The largest absolute Gasteiger partial charge is 0.496 e. The average molecular weight is 417 g/mol. The number of methoxy groups -OCH3 is 1. The first-order valence-corrected chi connectivity index (χ1v) is 8.52. The summed E-state index contributed by atoms with van der Waals surface area (Å²) in [6, 6.07) is 3.98. The minimum Gasteiger partial charge on any atom is -0.496 e. The Morgan fingerprint density at radius 2 is 1.73 bits per heavy atom. The highest BCUT2D eigenvalue weighted by Gasteiger charge is 2.33. The second-order valence-corrected chi connectivity index (χ2v) is 6.73. The molecule has 1 aromatic carbocycles. The van der Waals surface area contributed by atoms with Gasteiger partial charge in [-0.1, -0.05) is 19.9 Å². The summed E-state index contributed by atoms with van der Waals surface area (Å²) in [5.41, 5.74) is 0.194. The maximum atomic E-state index is 13.0. The summed E-state index contributed by atoms with van der Waals surface area (Å²) in [5, 5.41) is 3.32. The van der Waals surface area contributed by atoms with E-state index in [4.69, 9.17) is 4.74 Å².